The number of aliphatic hydroxyl groups is 1. The third-order valence-electron chi connectivity index (χ3n) is 2.02. The molecule has 2 heterocycles. The summed E-state index contributed by atoms with van der Waals surface area (Å²) in [6.45, 7) is 3.92. The molecule has 0 bridgehead atoms. The molecule has 0 aromatic carbocycles. The van der Waals surface area contributed by atoms with Crippen LogP contribution >= 0.6 is 0 Å². The van der Waals surface area contributed by atoms with Crippen molar-refractivity contribution in [2.45, 2.75) is 19.4 Å². The Labute approximate surface area is 71.0 Å². The lowest BCUT2D eigenvalue weighted by atomic mass is 10.0. The van der Waals surface area contributed by atoms with Gasteiger partial charge in [0, 0.05) is 5.69 Å². The highest BCUT2D eigenvalue weighted by molar-refractivity contribution is 5.36. The predicted molar refractivity (Wildman–Crippen MR) is 44.0 cm³/mol. The molecule has 1 aromatic heterocycles. The van der Waals surface area contributed by atoms with Crippen LogP contribution in [0.3, 0.4) is 0 Å². The first-order valence-corrected chi connectivity index (χ1v) is 3.93. The van der Waals surface area contributed by atoms with E-state index in [9.17, 15) is 5.11 Å². The van der Waals surface area contributed by atoms with E-state index in [0.29, 0.717) is 18.1 Å². The Hall–Kier alpha value is -1.09. The van der Waals surface area contributed by atoms with Gasteiger partial charge in [0.05, 0.1) is 0 Å². The molecule has 0 saturated heterocycles. The summed E-state index contributed by atoms with van der Waals surface area (Å²) in [6, 6.07) is 3.72. The van der Waals surface area contributed by atoms with Gasteiger partial charge in [0.2, 0.25) is 0 Å². The summed E-state index contributed by atoms with van der Waals surface area (Å²) < 4.78 is 5.26. The van der Waals surface area contributed by atoms with Crippen LogP contribution in [0.25, 0.3) is 0 Å². The maximum absolute atomic E-state index is 9.78. The molecule has 64 valence electrons. The van der Waals surface area contributed by atoms with Gasteiger partial charge >= 0.3 is 0 Å². The van der Waals surface area contributed by atoms with Crippen molar-refractivity contribution in [1.29, 1.82) is 0 Å². The van der Waals surface area contributed by atoms with Gasteiger partial charge in [-0.25, -0.2) is 0 Å². The molecule has 0 spiro atoms. The molecule has 0 saturated carbocycles. The quantitative estimate of drug-likeness (QED) is 0.623. The predicted octanol–water partition coefficient (Wildman–Crippen LogP) is 0.990. The van der Waals surface area contributed by atoms with Crippen LogP contribution in [-0.2, 0) is 5.60 Å². The molecule has 12 heavy (non-hydrogen) atoms. The number of aryl methyl sites for hydroxylation is 1. The Morgan fingerprint density at radius 2 is 2.33 bits per heavy atom. The van der Waals surface area contributed by atoms with Crippen molar-refractivity contribution in [3.05, 3.63) is 23.5 Å². The van der Waals surface area contributed by atoms with Gasteiger partial charge in [0.15, 0.2) is 0 Å². The molecule has 0 aliphatic carbocycles. The third-order valence-corrected chi connectivity index (χ3v) is 2.02. The van der Waals surface area contributed by atoms with Crippen molar-refractivity contribution in [3.8, 4) is 5.75 Å². The van der Waals surface area contributed by atoms with Crippen LogP contribution in [0.4, 0.5) is 0 Å². The van der Waals surface area contributed by atoms with Gasteiger partial charge in [-0.15, -0.1) is 0 Å². The summed E-state index contributed by atoms with van der Waals surface area (Å²) in [5.74, 6) is 0.700. The highest BCUT2D eigenvalue weighted by atomic mass is 16.5. The van der Waals surface area contributed by atoms with Crippen molar-refractivity contribution in [1.82, 2.24) is 4.98 Å². The number of hydrogen-bond acceptors (Lipinski definition) is 3. The number of hydrogen-bond donors (Lipinski definition) is 1. The third kappa shape index (κ3) is 0.975. The average molecular weight is 165 g/mol. The fourth-order valence-corrected chi connectivity index (χ4v) is 1.33. The lowest BCUT2D eigenvalue weighted by Gasteiger charge is -2.12. The second-order valence-electron chi connectivity index (χ2n) is 3.36. The molecule has 0 fully saturated rings. The van der Waals surface area contributed by atoms with E-state index in [1.807, 2.05) is 19.1 Å². The maximum Gasteiger partial charge on any atom is 0.144 e. The molecule has 0 radical (unpaired) electrons. The van der Waals surface area contributed by atoms with Crippen molar-refractivity contribution in [3.63, 3.8) is 0 Å². The summed E-state index contributed by atoms with van der Waals surface area (Å²) in [5.41, 5.74) is 0.642. The zero-order chi connectivity index (χ0) is 8.77. The van der Waals surface area contributed by atoms with Gasteiger partial charge < -0.3 is 9.84 Å². The molecule has 1 N–H and O–H groups in total. The van der Waals surface area contributed by atoms with Gasteiger partial charge in [-0.05, 0) is 26.0 Å². The number of nitrogens with zero attached hydrogens (tertiary/aromatic N) is 1. The number of aromatic nitrogens is 1. The smallest absolute Gasteiger partial charge is 0.144 e. The van der Waals surface area contributed by atoms with Crippen molar-refractivity contribution in [2.24, 2.45) is 0 Å². The normalized spacial score (nSPS) is 26.6. The molecular weight excluding hydrogens is 154 g/mol. The first kappa shape index (κ1) is 7.55. The van der Waals surface area contributed by atoms with E-state index < -0.39 is 5.60 Å². The molecule has 1 unspecified atom stereocenters. The molecule has 1 aromatic rings. The second kappa shape index (κ2) is 2.20. The van der Waals surface area contributed by atoms with Crippen LogP contribution in [0.5, 0.6) is 5.75 Å². The Balaban J connectivity index is 2.57. The summed E-state index contributed by atoms with van der Waals surface area (Å²) in [4.78, 5) is 4.23. The highest BCUT2D eigenvalue weighted by Crippen LogP contribution is 2.34. The van der Waals surface area contributed by atoms with E-state index in [2.05, 4.69) is 4.98 Å². The van der Waals surface area contributed by atoms with Gasteiger partial charge in [0.1, 0.15) is 23.7 Å². The molecule has 2 rings (SSSR count). The van der Waals surface area contributed by atoms with Crippen LogP contribution in [0.15, 0.2) is 12.1 Å². The fraction of sp³-hybridized carbons (Fsp3) is 0.444. The standard InChI is InChI=1S/C9H11NO2/c1-6-3-4-7-8(10-6)9(2,11)5-12-7/h3-4,11H,5H2,1-2H3. The maximum atomic E-state index is 9.78. The molecule has 1 aliphatic heterocycles. The van der Waals surface area contributed by atoms with E-state index in [0.717, 1.165) is 5.69 Å². The van der Waals surface area contributed by atoms with Gasteiger partial charge in [0.25, 0.3) is 0 Å². The van der Waals surface area contributed by atoms with E-state index in [-0.39, 0.29) is 0 Å². The van der Waals surface area contributed by atoms with E-state index in [4.69, 9.17) is 4.74 Å². The lowest BCUT2D eigenvalue weighted by molar-refractivity contribution is 0.0320. The van der Waals surface area contributed by atoms with E-state index in [1.54, 1.807) is 6.92 Å². The topological polar surface area (TPSA) is 42.4 Å². The van der Waals surface area contributed by atoms with Crippen LogP contribution in [-0.4, -0.2) is 16.7 Å². The van der Waals surface area contributed by atoms with Gasteiger partial charge in [-0.1, -0.05) is 0 Å². The first-order chi connectivity index (χ1) is 5.59. The molecule has 3 heteroatoms. The molecule has 1 atom stereocenters. The summed E-state index contributed by atoms with van der Waals surface area (Å²) in [7, 11) is 0. The average Bonchev–Trinajstić information content (AvgIpc) is 2.28. The monoisotopic (exact) mass is 165 g/mol. The Morgan fingerprint density at radius 3 is 3.08 bits per heavy atom. The van der Waals surface area contributed by atoms with Crippen molar-refractivity contribution < 1.29 is 9.84 Å². The van der Waals surface area contributed by atoms with Gasteiger partial charge in [-0.2, -0.15) is 0 Å². The summed E-state index contributed by atoms with van der Waals surface area (Å²) in [5, 5.41) is 9.78. The summed E-state index contributed by atoms with van der Waals surface area (Å²) >= 11 is 0. The number of ether oxygens (including phenoxy) is 1. The highest BCUT2D eigenvalue weighted by Gasteiger charge is 2.35. The van der Waals surface area contributed by atoms with Crippen molar-refractivity contribution in [2.75, 3.05) is 6.61 Å². The molecule has 1 aliphatic rings. The fourth-order valence-electron chi connectivity index (χ4n) is 1.33. The Morgan fingerprint density at radius 1 is 1.58 bits per heavy atom. The molecular formula is C9H11NO2. The van der Waals surface area contributed by atoms with E-state index in [1.165, 1.54) is 0 Å². The number of fused-ring (bicyclic) bond motifs is 1. The van der Waals surface area contributed by atoms with Crippen LogP contribution < -0.4 is 4.74 Å². The van der Waals surface area contributed by atoms with Crippen LogP contribution in [0.1, 0.15) is 18.3 Å². The minimum atomic E-state index is -0.915. The van der Waals surface area contributed by atoms with Gasteiger partial charge in [-0.3, -0.25) is 4.98 Å². The Bertz CT molecular complexity index is 320. The largest absolute Gasteiger partial charge is 0.488 e. The molecule has 3 nitrogen and oxygen atoms in total. The van der Waals surface area contributed by atoms with Crippen LogP contribution in [0, 0.1) is 6.92 Å². The minimum absolute atomic E-state index is 0.304. The first-order valence-electron chi connectivity index (χ1n) is 3.93. The zero-order valence-electron chi connectivity index (χ0n) is 7.16. The summed E-state index contributed by atoms with van der Waals surface area (Å²) in [6.07, 6.45) is 0. The number of rotatable bonds is 0. The number of pyridine rings is 1. The minimum Gasteiger partial charge on any atom is -0.488 e. The van der Waals surface area contributed by atoms with Crippen LogP contribution in [0.2, 0.25) is 0 Å². The van der Waals surface area contributed by atoms with E-state index >= 15 is 0 Å². The molecule has 0 amide bonds. The lowest BCUT2D eigenvalue weighted by Crippen LogP contribution is -2.23. The SMILES string of the molecule is Cc1ccc2c(n1)C(C)(O)CO2. The second-order valence-corrected chi connectivity index (χ2v) is 3.36. The van der Waals surface area contributed by atoms with Crippen molar-refractivity contribution >= 4 is 0 Å². The zero-order valence-corrected chi connectivity index (χ0v) is 7.16. The Kier molecular flexibility index (Phi) is 1.38.